The molecular weight excluding hydrogens is 317 g/mol. The quantitative estimate of drug-likeness (QED) is 0.898. The molecule has 0 saturated carbocycles. The maximum absolute atomic E-state index is 12.1. The van der Waals surface area contributed by atoms with Gasteiger partial charge in [0.2, 0.25) is 0 Å². The summed E-state index contributed by atoms with van der Waals surface area (Å²) in [6, 6.07) is 5.63. The molecule has 3 N–H and O–H groups in total. The minimum Gasteiger partial charge on any atom is -0.478 e. The third kappa shape index (κ3) is 3.96. The Bertz CT molecular complexity index is 758. The molecule has 1 aromatic carbocycles. The monoisotopic (exact) mass is 326 g/mol. The van der Waals surface area contributed by atoms with Crippen molar-refractivity contribution < 1.29 is 32.6 Å². The second kappa shape index (κ2) is 5.95. The van der Waals surface area contributed by atoms with Crippen molar-refractivity contribution in [1.82, 2.24) is 4.98 Å². The van der Waals surface area contributed by atoms with Crippen LogP contribution in [0.1, 0.15) is 20.7 Å². The largest absolute Gasteiger partial charge is 0.573 e. The van der Waals surface area contributed by atoms with Crippen molar-refractivity contribution >= 4 is 11.9 Å². The SMILES string of the molecule is NC(=O)c1cc(C(=O)O)cnc1-c1ccc(OC(F)(F)F)cc1. The summed E-state index contributed by atoms with van der Waals surface area (Å²) >= 11 is 0. The zero-order valence-corrected chi connectivity index (χ0v) is 11.3. The standard InChI is InChI=1S/C14H9F3N2O4/c15-14(16,17)23-9-3-1-7(2-4-9)11-10(12(18)20)5-8(6-19-11)13(21)22/h1-6H,(H2,18,20)(H,21,22). The van der Waals surface area contributed by atoms with E-state index in [4.69, 9.17) is 10.8 Å². The lowest BCUT2D eigenvalue weighted by Crippen LogP contribution is -2.17. The van der Waals surface area contributed by atoms with Crippen LogP contribution >= 0.6 is 0 Å². The van der Waals surface area contributed by atoms with E-state index in [9.17, 15) is 22.8 Å². The van der Waals surface area contributed by atoms with Gasteiger partial charge in [-0.3, -0.25) is 9.78 Å². The molecule has 1 amide bonds. The number of primary amides is 1. The van der Waals surface area contributed by atoms with E-state index in [1.165, 1.54) is 12.1 Å². The molecule has 9 heteroatoms. The van der Waals surface area contributed by atoms with E-state index in [1.807, 2.05) is 0 Å². The first-order valence-corrected chi connectivity index (χ1v) is 6.06. The van der Waals surface area contributed by atoms with E-state index in [0.717, 1.165) is 24.4 Å². The number of carbonyl (C=O) groups excluding carboxylic acids is 1. The second-order valence-corrected chi connectivity index (χ2v) is 4.36. The van der Waals surface area contributed by atoms with Gasteiger partial charge in [0, 0.05) is 11.8 Å². The van der Waals surface area contributed by atoms with Crippen LogP contribution in [-0.2, 0) is 0 Å². The van der Waals surface area contributed by atoms with Gasteiger partial charge in [0.1, 0.15) is 5.75 Å². The molecule has 0 unspecified atom stereocenters. The van der Waals surface area contributed by atoms with Gasteiger partial charge in [0.05, 0.1) is 16.8 Å². The summed E-state index contributed by atoms with van der Waals surface area (Å²) in [7, 11) is 0. The molecule has 120 valence electrons. The fourth-order valence-electron chi connectivity index (χ4n) is 1.81. The average Bonchev–Trinajstić information content (AvgIpc) is 2.45. The number of benzene rings is 1. The van der Waals surface area contributed by atoms with Gasteiger partial charge in [0.15, 0.2) is 0 Å². The zero-order chi connectivity index (χ0) is 17.2. The highest BCUT2D eigenvalue weighted by Gasteiger charge is 2.31. The first-order chi connectivity index (χ1) is 10.7. The number of alkyl halides is 3. The predicted molar refractivity (Wildman–Crippen MR) is 71.8 cm³/mol. The third-order valence-electron chi connectivity index (χ3n) is 2.76. The highest BCUT2D eigenvalue weighted by molar-refractivity contribution is 6.01. The zero-order valence-electron chi connectivity index (χ0n) is 11.3. The summed E-state index contributed by atoms with van der Waals surface area (Å²) in [5, 5.41) is 8.88. The van der Waals surface area contributed by atoms with E-state index in [0.29, 0.717) is 0 Å². The Morgan fingerprint density at radius 2 is 1.78 bits per heavy atom. The first kappa shape index (κ1) is 16.3. The van der Waals surface area contributed by atoms with Crippen molar-refractivity contribution in [2.75, 3.05) is 0 Å². The average molecular weight is 326 g/mol. The predicted octanol–water partition coefficient (Wildman–Crippen LogP) is 2.44. The highest BCUT2D eigenvalue weighted by Crippen LogP contribution is 2.27. The van der Waals surface area contributed by atoms with Gasteiger partial charge in [-0.05, 0) is 30.3 Å². The molecule has 0 aliphatic carbocycles. The van der Waals surface area contributed by atoms with E-state index < -0.39 is 24.0 Å². The Labute approximate surface area is 127 Å². The number of carboxylic acids is 1. The van der Waals surface area contributed by atoms with Gasteiger partial charge in [-0.15, -0.1) is 13.2 Å². The number of ether oxygens (including phenoxy) is 1. The number of carbonyl (C=O) groups is 2. The van der Waals surface area contributed by atoms with Crippen LogP contribution in [0.4, 0.5) is 13.2 Å². The molecule has 1 aromatic heterocycles. The molecule has 0 spiro atoms. The van der Waals surface area contributed by atoms with E-state index in [2.05, 4.69) is 9.72 Å². The number of halogens is 3. The van der Waals surface area contributed by atoms with Gasteiger partial charge in [-0.2, -0.15) is 0 Å². The number of hydrogen-bond donors (Lipinski definition) is 2. The molecule has 0 aliphatic heterocycles. The van der Waals surface area contributed by atoms with Crippen LogP contribution < -0.4 is 10.5 Å². The smallest absolute Gasteiger partial charge is 0.478 e. The van der Waals surface area contributed by atoms with Crippen molar-refractivity contribution in [1.29, 1.82) is 0 Å². The van der Waals surface area contributed by atoms with Crippen LogP contribution in [0.15, 0.2) is 36.5 Å². The number of carboxylic acid groups (broad SMARTS) is 1. The summed E-state index contributed by atoms with van der Waals surface area (Å²) in [4.78, 5) is 26.2. The number of nitrogens with zero attached hydrogens (tertiary/aromatic N) is 1. The molecule has 0 aliphatic rings. The summed E-state index contributed by atoms with van der Waals surface area (Å²) in [5.41, 5.74) is 5.13. The molecule has 2 aromatic rings. The first-order valence-electron chi connectivity index (χ1n) is 6.06. The van der Waals surface area contributed by atoms with Crippen LogP contribution in [-0.4, -0.2) is 28.3 Å². The lowest BCUT2D eigenvalue weighted by molar-refractivity contribution is -0.274. The summed E-state index contributed by atoms with van der Waals surface area (Å²) < 4.78 is 40.0. The molecule has 0 radical (unpaired) electrons. The minimum atomic E-state index is -4.82. The molecule has 0 saturated heterocycles. The summed E-state index contributed by atoms with van der Waals surface area (Å²) in [6.07, 6.45) is -3.80. The Morgan fingerprint density at radius 1 is 1.17 bits per heavy atom. The Kier molecular flexibility index (Phi) is 4.21. The van der Waals surface area contributed by atoms with Gasteiger partial charge in [0.25, 0.3) is 5.91 Å². The Balaban J connectivity index is 2.42. The van der Waals surface area contributed by atoms with Crippen LogP contribution in [0.5, 0.6) is 5.75 Å². The third-order valence-corrected chi connectivity index (χ3v) is 2.76. The number of aromatic nitrogens is 1. The molecule has 6 nitrogen and oxygen atoms in total. The number of rotatable bonds is 4. The van der Waals surface area contributed by atoms with Crippen LogP contribution in [0, 0.1) is 0 Å². The molecule has 2 rings (SSSR count). The molecule has 0 atom stereocenters. The van der Waals surface area contributed by atoms with Gasteiger partial charge < -0.3 is 15.6 Å². The Hall–Kier alpha value is -3.10. The maximum atomic E-state index is 12.1. The second-order valence-electron chi connectivity index (χ2n) is 4.36. The van der Waals surface area contributed by atoms with Crippen LogP contribution in [0.25, 0.3) is 11.3 Å². The number of nitrogens with two attached hydrogens (primary N) is 1. The molecule has 23 heavy (non-hydrogen) atoms. The lowest BCUT2D eigenvalue weighted by atomic mass is 10.0. The van der Waals surface area contributed by atoms with Crippen molar-refractivity contribution in [2.45, 2.75) is 6.36 Å². The van der Waals surface area contributed by atoms with Crippen molar-refractivity contribution in [3.8, 4) is 17.0 Å². The Morgan fingerprint density at radius 3 is 2.26 bits per heavy atom. The minimum absolute atomic E-state index is 0.0565. The molecular formula is C14H9F3N2O4. The van der Waals surface area contributed by atoms with E-state index >= 15 is 0 Å². The summed E-state index contributed by atoms with van der Waals surface area (Å²) in [6.45, 7) is 0. The van der Waals surface area contributed by atoms with Crippen LogP contribution in [0.3, 0.4) is 0 Å². The maximum Gasteiger partial charge on any atom is 0.573 e. The number of aromatic carboxylic acids is 1. The van der Waals surface area contributed by atoms with Crippen molar-refractivity contribution in [3.63, 3.8) is 0 Å². The number of pyridine rings is 1. The van der Waals surface area contributed by atoms with Gasteiger partial charge in [-0.25, -0.2) is 4.79 Å². The number of amides is 1. The number of hydrogen-bond acceptors (Lipinski definition) is 4. The van der Waals surface area contributed by atoms with E-state index in [1.54, 1.807) is 0 Å². The normalized spacial score (nSPS) is 11.1. The van der Waals surface area contributed by atoms with Crippen molar-refractivity contribution in [3.05, 3.63) is 47.7 Å². The van der Waals surface area contributed by atoms with Gasteiger partial charge in [-0.1, -0.05) is 0 Å². The van der Waals surface area contributed by atoms with Crippen LogP contribution in [0.2, 0.25) is 0 Å². The lowest BCUT2D eigenvalue weighted by Gasteiger charge is -2.10. The molecule has 0 bridgehead atoms. The highest BCUT2D eigenvalue weighted by atomic mass is 19.4. The fourth-order valence-corrected chi connectivity index (χ4v) is 1.81. The molecule has 0 fully saturated rings. The fraction of sp³-hybridized carbons (Fsp3) is 0.0714. The van der Waals surface area contributed by atoms with Crippen molar-refractivity contribution in [2.24, 2.45) is 5.73 Å². The topological polar surface area (TPSA) is 103 Å². The molecule has 1 heterocycles. The summed E-state index contributed by atoms with van der Waals surface area (Å²) in [5.74, 6) is -2.64. The van der Waals surface area contributed by atoms with Gasteiger partial charge >= 0.3 is 12.3 Å². The van der Waals surface area contributed by atoms with E-state index in [-0.39, 0.29) is 22.4 Å².